The van der Waals surface area contributed by atoms with Gasteiger partial charge in [-0.1, -0.05) is 42.5 Å². The van der Waals surface area contributed by atoms with E-state index < -0.39 is 11.9 Å². The van der Waals surface area contributed by atoms with Crippen LogP contribution in [0.2, 0.25) is 0 Å². The SMILES string of the molecule is CC1=C(C(N)=O)C(c2ccc(C)o2)n2nc(-c3cccc4ccccc34)nc2N1. The van der Waals surface area contributed by atoms with Gasteiger partial charge in [0, 0.05) is 11.3 Å². The molecule has 1 atom stereocenters. The van der Waals surface area contributed by atoms with Gasteiger partial charge in [-0.05, 0) is 36.8 Å². The summed E-state index contributed by atoms with van der Waals surface area (Å²) in [5.74, 6) is 1.91. The summed E-state index contributed by atoms with van der Waals surface area (Å²) >= 11 is 0. The Bertz CT molecular complexity index is 1290. The maximum Gasteiger partial charge on any atom is 0.249 e. The maximum atomic E-state index is 12.2. The maximum absolute atomic E-state index is 12.2. The average molecular weight is 385 g/mol. The Kier molecular flexibility index (Phi) is 3.77. The van der Waals surface area contributed by atoms with Gasteiger partial charge in [-0.3, -0.25) is 4.79 Å². The summed E-state index contributed by atoms with van der Waals surface area (Å²) in [4.78, 5) is 16.9. The highest BCUT2D eigenvalue weighted by atomic mass is 16.3. The lowest BCUT2D eigenvalue weighted by atomic mass is 10.0. The highest BCUT2D eigenvalue weighted by Crippen LogP contribution is 2.37. The highest BCUT2D eigenvalue weighted by molar-refractivity contribution is 5.96. The van der Waals surface area contributed by atoms with Crippen molar-refractivity contribution in [3.63, 3.8) is 0 Å². The molecule has 2 aromatic heterocycles. The molecule has 7 heteroatoms. The Morgan fingerprint density at radius 1 is 1.10 bits per heavy atom. The first kappa shape index (κ1) is 17.2. The van der Waals surface area contributed by atoms with Crippen molar-refractivity contribution in [3.05, 3.63) is 77.4 Å². The Labute approximate surface area is 166 Å². The number of carbonyl (C=O) groups is 1. The van der Waals surface area contributed by atoms with E-state index in [-0.39, 0.29) is 0 Å². The lowest BCUT2D eigenvalue weighted by molar-refractivity contribution is -0.115. The summed E-state index contributed by atoms with van der Waals surface area (Å²) in [5, 5.41) is 10.1. The fourth-order valence-corrected chi connectivity index (χ4v) is 3.87. The summed E-state index contributed by atoms with van der Waals surface area (Å²) in [6, 6.07) is 17.2. The van der Waals surface area contributed by atoms with Crippen LogP contribution in [0.5, 0.6) is 0 Å². The van der Waals surface area contributed by atoms with E-state index in [0.717, 1.165) is 22.1 Å². The molecule has 4 aromatic rings. The number of aryl methyl sites for hydroxylation is 1. The number of benzene rings is 2. The van der Waals surface area contributed by atoms with E-state index in [1.54, 1.807) is 11.6 Å². The van der Waals surface area contributed by atoms with Crippen LogP contribution in [0.4, 0.5) is 5.95 Å². The van der Waals surface area contributed by atoms with Crippen molar-refractivity contribution in [2.45, 2.75) is 19.9 Å². The van der Waals surface area contributed by atoms with Gasteiger partial charge in [-0.15, -0.1) is 5.10 Å². The number of anilines is 1. The number of hydrogen-bond donors (Lipinski definition) is 2. The third kappa shape index (κ3) is 2.70. The van der Waals surface area contributed by atoms with Gasteiger partial charge in [-0.25, -0.2) is 4.68 Å². The zero-order valence-corrected chi connectivity index (χ0v) is 16.0. The van der Waals surface area contributed by atoms with Crippen molar-refractivity contribution < 1.29 is 9.21 Å². The van der Waals surface area contributed by atoms with Gasteiger partial charge < -0.3 is 15.5 Å². The number of allylic oxidation sites excluding steroid dienone is 1. The van der Waals surface area contributed by atoms with E-state index >= 15 is 0 Å². The molecule has 1 aliphatic heterocycles. The first-order chi connectivity index (χ1) is 14.0. The normalized spacial score (nSPS) is 16.0. The molecule has 2 aromatic carbocycles. The number of primary amides is 1. The minimum absolute atomic E-state index is 0.404. The second kappa shape index (κ2) is 6.34. The molecule has 0 radical (unpaired) electrons. The average Bonchev–Trinajstić information content (AvgIpc) is 3.32. The van der Waals surface area contributed by atoms with Crippen LogP contribution in [0, 0.1) is 6.92 Å². The molecule has 3 N–H and O–H groups in total. The third-order valence-corrected chi connectivity index (χ3v) is 5.18. The highest BCUT2D eigenvalue weighted by Gasteiger charge is 2.35. The number of rotatable bonds is 3. The predicted molar refractivity (Wildman–Crippen MR) is 110 cm³/mol. The van der Waals surface area contributed by atoms with E-state index in [9.17, 15) is 4.79 Å². The van der Waals surface area contributed by atoms with E-state index in [1.807, 2.05) is 49.4 Å². The Balaban J connectivity index is 1.71. The van der Waals surface area contributed by atoms with Crippen LogP contribution in [-0.4, -0.2) is 20.7 Å². The molecule has 3 heterocycles. The summed E-state index contributed by atoms with van der Waals surface area (Å²) in [6.07, 6.45) is 0. The van der Waals surface area contributed by atoms with Crippen LogP contribution in [0.1, 0.15) is 24.5 Å². The molecule has 5 rings (SSSR count). The monoisotopic (exact) mass is 385 g/mol. The molecule has 29 heavy (non-hydrogen) atoms. The standard InChI is InChI=1S/C22H19N5O2/c1-12-10-11-17(29-12)19-18(20(23)28)13(2)24-22-25-21(26-27(19)22)16-9-5-7-14-6-3-4-8-15(14)16/h3-11,19H,1-2H3,(H2,23,28)(H,24,25,26). The molecule has 144 valence electrons. The quantitative estimate of drug-likeness (QED) is 0.559. The summed E-state index contributed by atoms with van der Waals surface area (Å²) in [7, 11) is 0. The topological polar surface area (TPSA) is 99.0 Å². The number of nitrogens with zero attached hydrogens (tertiary/aromatic N) is 3. The summed E-state index contributed by atoms with van der Waals surface area (Å²) in [5.41, 5.74) is 7.66. The van der Waals surface area contributed by atoms with Crippen LogP contribution < -0.4 is 11.1 Å². The van der Waals surface area contributed by atoms with E-state index in [4.69, 9.17) is 20.2 Å². The van der Waals surface area contributed by atoms with Crippen LogP contribution >= 0.6 is 0 Å². The van der Waals surface area contributed by atoms with E-state index in [0.29, 0.717) is 28.8 Å². The van der Waals surface area contributed by atoms with Gasteiger partial charge >= 0.3 is 0 Å². The van der Waals surface area contributed by atoms with E-state index in [2.05, 4.69) is 17.4 Å². The summed E-state index contributed by atoms with van der Waals surface area (Å²) in [6.45, 7) is 3.66. The molecular formula is C22H19N5O2. The molecule has 0 spiro atoms. The van der Waals surface area contributed by atoms with E-state index in [1.165, 1.54) is 0 Å². The Morgan fingerprint density at radius 2 is 1.90 bits per heavy atom. The molecule has 0 bridgehead atoms. The molecular weight excluding hydrogens is 366 g/mol. The largest absolute Gasteiger partial charge is 0.464 e. The van der Waals surface area contributed by atoms with Crippen LogP contribution in [0.15, 0.2) is 70.3 Å². The second-order valence-corrected chi connectivity index (χ2v) is 7.11. The number of furan rings is 1. The first-order valence-corrected chi connectivity index (χ1v) is 9.31. The number of amides is 1. The Morgan fingerprint density at radius 3 is 2.66 bits per heavy atom. The number of hydrogen-bond acceptors (Lipinski definition) is 5. The fraction of sp³-hybridized carbons (Fsp3) is 0.136. The number of fused-ring (bicyclic) bond motifs is 2. The lowest BCUT2D eigenvalue weighted by Crippen LogP contribution is -2.31. The van der Waals surface area contributed by atoms with Crippen molar-refractivity contribution in [2.24, 2.45) is 5.73 Å². The second-order valence-electron chi connectivity index (χ2n) is 7.11. The van der Waals surface area contributed by atoms with Crippen molar-refractivity contribution in [2.75, 3.05) is 5.32 Å². The Hall–Kier alpha value is -3.87. The van der Waals surface area contributed by atoms with Crippen LogP contribution in [-0.2, 0) is 4.79 Å². The number of carbonyl (C=O) groups excluding carboxylic acids is 1. The third-order valence-electron chi connectivity index (χ3n) is 5.18. The zero-order chi connectivity index (χ0) is 20.1. The van der Waals surface area contributed by atoms with Crippen molar-refractivity contribution >= 4 is 22.6 Å². The van der Waals surface area contributed by atoms with Crippen LogP contribution in [0.25, 0.3) is 22.2 Å². The zero-order valence-electron chi connectivity index (χ0n) is 16.0. The lowest BCUT2D eigenvalue weighted by Gasteiger charge is -2.25. The minimum atomic E-state index is -0.575. The number of aromatic nitrogens is 3. The fourth-order valence-electron chi connectivity index (χ4n) is 3.87. The summed E-state index contributed by atoms with van der Waals surface area (Å²) < 4.78 is 7.50. The van der Waals surface area contributed by atoms with Crippen molar-refractivity contribution in [1.29, 1.82) is 0 Å². The minimum Gasteiger partial charge on any atom is -0.464 e. The van der Waals surface area contributed by atoms with Crippen molar-refractivity contribution in [3.8, 4) is 11.4 Å². The molecule has 7 nitrogen and oxygen atoms in total. The van der Waals surface area contributed by atoms with Gasteiger partial charge in [0.25, 0.3) is 0 Å². The van der Waals surface area contributed by atoms with Gasteiger partial charge in [0.1, 0.15) is 17.6 Å². The number of nitrogens with two attached hydrogens (primary N) is 1. The molecule has 0 aliphatic carbocycles. The molecule has 0 saturated carbocycles. The predicted octanol–water partition coefficient (Wildman–Crippen LogP) is 3.77. The molecule has 1 aliphatic rings. The van der Waals surface area contributed by atoms with Gasteiger partial charge in [0.05, 0.1) is 5.57 Å². The van der Waals surface area contributed by atoms with Gasteiger partial charge in [-0.2, -0.15) is 4.98 Å². The smallest absolute Gasteiger partial charge is 0.249 e. The van der Waals surface area contributed by atoms with Crippen molar-refractivity contribution in [1.82, 2.24) is 14.8 Å². The van der Waals surface area contributed by atoms with Gasteiger partial charge in [0.15, 0.2) is 5.82 Å². The van der Waals surface area contributed by atoms with Crippen LogP contribution in [0.3, 0.4) is 0 Å². The number of nitrogens with one attached hydrogen (secondary N) is 1. The molecule has 1 unspecified atom stereocenters. The van der Waals surface area contributed by atoms with Gasteiger partial charge in [0.2, 0.25) is 11.9 Å². The molecule has 0 fully saturated rings. The molecule has 0 saturated heterocycles. The first-order valence-electron chi connectivity index (χ1n) is 9.31. The molecule has 1 amide bonds.